The molecule has 1 atom stereocenters. The number of esters is 1. The van der Waals surface area contributed by atoms with Crippen molar-refractivity contribution in [1.82, 2.24) is 10.2 Å². The number of allylic oxidation sites excluding steroid dienone is 1. The first-order valence-electron chi connectivity index (χ1n) is 8.09. The summed E-state index contributed by atoms with van der Waals surface area (Å²) in [6.07, 6.45) is 0. The number of methoxy groups -OCH3 is 1. The molecule has 140 valence electrons. The number of carbonyl (C=O) groups is 1. The summed E-state index contributed by atoms with van der Waals surface area (Å²) < 4.78 is 10.2. The second-order valence-corrected chi connectivity index (χ2v) is 5.99. The van der Waals surface area contributed by atoms with Crippen LogP contribution >= 0.6 is 12.2 Å². The SMILES string of the molecule is CCN1C(=S)N[C@H](c2cccc([N+](=O)[O-])c2)C(C(=O)OCCOC)=C1C. The summed E-state index contributed by atoms with van der Waals surface area (Å²) in [6.45, 7) is 4.67. The monoisotopic (exact) mass is 379 g/mol. The Morgan fingerprint density at radius 1 is 1.42 bits per heavy atom. The molecule has 0 amide bonds. The highest BCUT2D eigenvalue weighted by atomic mass is 32.1. The van der Waals surface area contributed by atoms with Gasteiger partial charge in [0.2, 0.25) is 0 Å². The lowest BCUT2D eigenvalue weighted by Gasteiger charge is -2.37. The molecular weight excluding hydrogens is 358 g/mol. The highest BCUT2D eigenvalue weighted by Crippen LogP contribution is 2.32. The van der Waals surface area contributed by atoms with Gasteiger partial charge in [0.25, 0.3) is 5.69 Å². The molecule has 1 aromatic carbocycles. The molecular formula is C17H21N3O5S. The molecule has 0 unspecified atom stereocenters. The average molecular weight is 379 g/mol. The summed E-state index contributed by atoms with van der Waals surface area (Å²) in [5, 5.41) is 14.6. The Bertz CT molecular complexity index is 750. The normalized spacial score (nSPS) is 17.1. The third-order valence-electron chi connectivity index (χ3n) is 4.07. The third kappa shape index (κ3) is 4.17. The van der Waals surface area contributed by atoms with Crippen molar-refractivity contribution in [3.05, 3.63) is 51.2 Å². The predicted octanol–water partition coefficient (Wildman–Crippen LogP) is 2.31. The van der Waals surface area contributed by atoms with Crippen molar-refractivity contribution in [3.8, 4) is 0 Å². The number of benzene rings is 1. The van der Waals surface area contributed by atoms with E-state index in [4.69, 9.17) is 21.7 Å². The molecule has 1 aromatic rings. The number of carbonyl (C=O) groups excluding carboxylic acids is 1. The van der Waals surface area contributed by atoms with Gasteiger partial charge in [-0.2, -0.15) is 0 Å². The van der Waals surface area contributed by atoms with Gasteiger partial charge < -0.3 is 19.7 Å². The van der Waals surface area contributed by atoms with Gasteiger partial charge in [-0.1, -0.05) is 12.1 Å². The Kier molecular flexibility index (Phi) is 6.64. The second-order valence-electron chi connectivity index (χ2n) is 5.61. The number of thiocarbonyl (C=S) groups is 1. The first-order chi connectivity index (χ1) is 12.4. The minimum absolute atomic E-state index is 0.0575. The van der Waals surface area contributed by atoms with E-state index in [1.165, 1.54) is 19.2 Å². The number of rotatable bonds is 7. The molecule has 8 nitrogen and oxygen atoms in total. The quantitative estimate of drug-likeness (QED) is 0.254. The van der Waals surface area contributed by atoms with E-state index in [1.54, 1.807) is 24.0 Å². The van der Waals surface area contributed by atoms with Crippen molar-refractivity contribution >= 4 is 29.0 Å². The van der Waals surface area contributed by atoms with Crippen molar-refractivity contribution in [2.24, 2.45) is 0 Å². The summed E-state index contributed by atoms with van der Waals surface area (Å²) in [7, 11) is 1.52. The summed E-state index contributed by atoms with van der Waals surface area (Å²) in [5.74, 6) is -0.510. The maximum absolute atomic E-state index is 12.7. The maximum Gasteiger partial charge on any atom is 0.338 e. The molecule has 0 saturated heterocycles. The van der Waals surface area contributed by atoms with Gasteiger partial charge in [-0.3, -0.25) is 10.1 Å². The lowest BCUT2D eigenvalue weighted by Crippen LogP contribution is -2.47. The fourth-order valence-electron chi connectivity index (χ4n) is 2.79. The summed E-state index contributed by atoms with van der Waals surface area (Å²) in [5.41, 5.74) is 1.54. The van der Waals surface area contributed by atoms with Gasteiger partial charge >= 0.3 is 5.97 Å². The van der Waals surface area contributed by atoms with Crippen molar-refractivity contribution in [2.75, 3.05) is 26.9 Å². The number of nitrogens with zero attached hydrogens (tertiary/aromatic N) is 2. The Labute approximate surface area is 156 Å². The van der Waals surface area contributed by atoms with E-state index in [0.717, 1.165) is 0 Å². The van der Waals surface area contributed by atoms with E-state index in [2.05, 4.69) is 5.32 Å². The number of nitro groups is 1. The summed E-state index contributed by atoms with van der Waals surface area (Å²) >= 11 is 5.39. The fraction of sp³-hybridized carbons (Fsp3) is 0.412. The standard InChI is InChI=1S/C17H21N3O5S/c1-4-19-11(2)14(16(21)25-9-8-24-3)15(18-17(19)26)12-6-5-7-13(10-12)20(22)23/h5-7,10,15H,4,8-9H2,1-3H3,(H,18,26)/t15-/m1/s1. The Balaban J connectivity index is 2.46. The largest absolute Gasteiger partial charge is 0.460 e. The van der Waals surface area contributed by atoms with Crippen LogP contribution in [0.2, 0.25) is 0 Å². The molecule has 9 heteroatoms. The van der Waals surface area contributed by atoms with Crippen molar-refractivity contribution in [3.63, 3.8) is 0 Å². The van der Waals surface area contributed by atoms with E-state index in [-0.39, 0.29) is 18.9 Å². The number of nitrogens with one attached hydrogen (secondary N) is 1. The summed E-state index contributed by atoms with van der Waals surface area (Å²) in [6, 6.07) is 5.49. The van der Waals surface area contributed by atoms with Gasteiger partial charge in [0, 0.05) is 31.5 Å². The van der Waals surface area contributed by atoms with Crippen LogP contribution in [0.25, 0.3) is 0 Å². The summed E-state index contributed by atoms with van der Waals surface area (Å²) in [4.78, 5) is 25.1. The zero-order valence-corrected chi connectivity index (χ0v) is 15.7. The molecule has 1 N–H and O–H groups in total. The molecule has 0 aliphatic carbocycles. The van der Waals surface area contributed by atoms with E-state index in [0.29, 0.717) is 28.5 Å². The Morgan fingerprint density at radius 2 is 2.15 bits per heavy atom. The molecule has 1 heterocycles. The number of ether oxygens (including phenoxy) is 2. The highest BCUT2D eigenvalue weighted by Gasteiger charge is 2.34. The van der Waals surface area contributed by atoms with Crippen LogP contribution in [-0.4, -0.2) is 47.8 Å². The van der Waals surface area contributed by atoms with Crippen LogP contribution in [0.4, 0.5) is 5.69 Å². The zero-order valence-electron chi connectivity index (χ0n) is 14.9. The van der Waals surface area contributed by atoms with E-state index >= 15 is 0 Å². The average Bonchev–Trinajstić information content (AvgIpc) is 2.61. The Morgan fingerprint density at radius 3 is 2.77 bits per heavy atom. The van der Waals surface area contributed by atoms with Crippen molar-refractivity contribution in [1.29, 1.82) is 0 Å². The number of hydrogen-bond donors (Lipinski definition) is 1. The lowest BCUT2D eigenvalue weighted by molar-refractivity contribution is -0.384. The lowest BCUT2D eigenvalue weighted by atomic mass is 9.94. The number of non-ortho nitro benzene ring substituents is 1. The maximum atomic E-state index is 12.7. The minimum atomic E-state index is -0.625. The topological polar surface area (TPSA) is 93.9 Å². The molecule has 0 bridgehead atoms. The number of nitro benzene ring substituents is 1. The number of hydrogen-bond acceptors (Lipinski definition) is 6. The van der Waals surface area contributed by atoms with Crippen LogP contribution in [0.15, 0.2) is 35.5 Å². The smallest absolute Gasteiger partial charge is 0.338 e. The van der Waals surface area contributed by atoms with Crippen LogP contribution in [0.1, 0.15) is 25.5 Å². The molecule has 1 aliphatic heterocycles. The van der Waals surface area contributed by atoms with Crippen molar-refractivity contribution in [2.45, 2.75) is 19.9 Å². The van der Waals surface area contributed by atoms with Crippen LogP contribution in [0.3, 0.4) is 0 Å². The molecule has 0 saturated carbocycles. The predicted molar refractivity (Wildman–Crippen MR) is 99.5 cm³/mol. The third-order valence-corrected chi connectivity index (χ3v) is 4.41. The van der Waals surface area contributed by atoms with Gasteiger partial charge in [-0.15, -0.1) is 0 Å². The molecule has 0 fully saturated rings. The molecule has 0 spiro atoms. The van der Waals surface area contributed by atoms with Gasteiger partial charge in [-0.25, -0.2) is 4.79 Å². The van der Waals surface area contributed by atoms with Gasteiger partial charge in [0.1, 0.15) is 6.61 Å². The Hall–Kier alpha value is -2.52. The van der Waals surface area contributed by atoms with Crippen LogP contribution in [0, 0.1) is 10.1 Å². The molecule has 0 aromatic heterocycles. The van der Waals surface area contributed by atoms with Gasteiger partial charge in [-0.05, 0) is 31.6 Å². The van der Waals surface area contributed by atoms with Gasteiger partial charge in [0.15, 0.2) is 5.11 Å². The molecule has 1 aliphatic rings. The van der Waals surface area contributed by atoms with Crippen LogP contribution < -0.4 is 5.32 Å². The first-order valence-corrected chi connectivity index (χ1v) is 8.50. The van der Waals surface area contributed by atoms with E-state index in [1.807, 2.05) is 6.92 Å². The highest BCUT2D eigenvalue weighted by molar-refractivity contribution is 7.80. The fourth-order valence-corrected chi connectivity index (χ4v) is 3.17. The zero-order chi connectivity index (χ0) is 19.3. The van der Waals surface area contributed by atoms with E-state index in [9.17, 15) is 14.9 Å². The minimum Gasteiger partial charge on any atom is -0.460 e. The van der Waals surface area contributed by atoms with E-state index < -0.39 is 16.9 Å². The van der Waals surface area contributed by atoms with Gasteiger partial charge in [0.05, 0.1) is 23.1 Å². The van der Waals surface area contributed by atoms with Crippen molar-refractivity contribution < 1.29 is 19.2 Å². The van der Waals surface area contributed by atoms with Crippen LogP contribution in [0.5, 0.6) is 0 Å². The first kappa shape index (κ1) is 19.8. The van der Waals surface area contributed by atoms with Crippen LogP contribution in [-0.2, 0) is 14.3 Å². The molecule has 0 radical (unpaired) electrons. The second kappa shape index (κ2) is 8.72. The molecule has 26 heavy (non-hydrogen) atoms. The molecule has 2 rings (SSSR count).